The van der Waals surface area contributed by atoms with Gasteiger partial charge in [-0.15, -0.1) is 0 Å². The van der Waals surface area contributed by atoms with Crippen LogP contribution >= 0.6 is 0 Å². The van der Waals surface area contributed by atoms with E-state index in [9.17, 15) is 0 Å². The van der Waals surface area contributed by atoms with Crippen LogP contribution in [0.25, 0.3) is 0 Å². The third-order valence-corrected chi connectivity index (χ3v) is 2.66. The lowest BCUT2D eigenvalue weighted by Crippen LogP contribution is -2.05. The van der Waals surface area contributed by atoms with E-state index in [1.54, 1.807) is 7.11 Å². The van der Waals surface area contributed by atoms with Crippen LogP contribution in [0.2, 0.25) is 0 Å². The van der Waals surface area contributed by atoms with E-state index in [0.29, 0.717) is 0 Å². The maximum absolute atomic E-state index is 5.36. The Morgan fingerprint density at radius 2 is 2.29 bits per heavy atom. The first kappa shape index (κ1) is 9.25. The molecule has 1 aromatic carbocycles. The summed E-state index contributed by atoms with van der Waals surface area (Å²) in [6.07, 6.45) is 4.01. The highest BCUT2D eigenvalue weighted by atomic mass is 16.5. The standard InChI is InChI=1S/C12H15NO/c1-3-9-6-11-8-13-5-4-10(11)7-12(9)14-2/h6-8H,3-5H2,1-2H3. The topological polar surface area (TPSA) is 21.6 Å². The summed E-state index contributed by atoms with van der Waals surface area (Å²) >= 11 is 0. The molecule has 0 fully saturated rings. The first-order valence-corrected chi connectivity index (χ1v) is 5.04. The lowest BCUT2D eigenvalue weighted by atomic mass is 9.98. The fourth-order valence-electron chi connectivity index (χ4n) is 1.84. The second kappa shape index (κ2) is 3.82. The molecule has 2 nitrogen and oxygen atoms in total. The van der Waals surface area contributed by atoms with E-state index in [0.717, 1.165) is 25.1 Å². The van der Waals surface area contributed by atoms with Crippen molar-refractivity contribution in [3.63, 3.8) is 0 Å². The van der Waals surface area contributed by atoms with Gasteiger partial charge < -0.3 is 4.74 Å². The van der Waals surface area contributed by atoms with Crippen LogP contribution in [0.5, 0.6) is 5.75 Å². The van der Waals surface area contributed by atoms with E-state index in [4.69, 9.17) is 4.74 Å². The number of rotatable bonds is 2. The maximum Gasteiger partial charge on any atom is 0.122 e. The molecule has 0 unspecified atom stereocenters. The van der Waals surface area contributed by atoms with E-state index in [2.05, 4.69) is 24.0 Å². The monoisotopic (exact) mass is 189 g/mol. The molecule has 0 saturated heterocycles. The summed E-state index contributed by atoms with van der Waals surface area (Å²) in [6, 6.07) is 4.34. The predicted octanol–water partition coefficient (Wildman–Crippen LogP) is 2.23. The number of hydrogen-bond acceptors (Lipinski definition) is 2. The van der Waals surface area contributed by atoms with Crippen LogP contribution in [-0.2, 0) is 12.8 Å². The summed E-state index contributed by atoms with van der Waals surface area (Å²) in [5.41, 5.74) is 3.88. The van der Waals surface area contributed by atoms with Gasteiger partial charge in [-0.05, 0) is 41.7 Å². The molecule has 0 N–H and O–H groups in total. The Morgan fingerprint density at radius 1 is 1.43 bits per heavy atom. The Balaban J connectivity index is 2.50. The molecule has 0 saturated carbocycles. The largest absolute Gasteiger partial charge is 0.496 e. The average Bonchev–Trinajstić information content (AvgIpc) is 2.27. The molecule has 0 amide bonds. The van der Waals surface area contributed by atoms with Crippen LogP contribution in [0, 0.1) is 0 Å². The summed E-state index contributed by atoms with van der Waals surface area (Å²) in [5.74, 6) is 1.02. The smallest absolute Gasteiger partial charge is 0.122 e. The predicted molar refractivity (Wildman–Crippen MR) is 58.5 cm³/mol. The first-order valence-electron chi connectivity index (χ1n) is 5.04. The van der Waals surface area contributed by atoms with Crippen LogP contribution in [-0.4, -0.2) is 19.9 Å². The maximum atomic E-state index is 5.36. The summed E-state index contributed by atoms with van der Waals surface area (Å²) in [5, 5.41) is 0. The minimum absolute atomic E-state index is 0.904. The van der Waals surface area contributed by atoms with Gasteiger partial charge in [0.15, 0.2) is 0 Å². The highest BCUT2D eigenvalue weighted by Gasteiger charge is 2.10. The van der Waals surface area contributed by atoms with Crippen molar-refractivity contribution in [1.29, 1.82) is 0 Å². The van der Waals surface area contributed by atoms with Crippen molar-refractivity contribution in [1.82, 2.24) is 0 Å². The number of ether oxygens (including phenoxy) is 1. The second-order valence-corrected chi connectivity index (χ2v) is 3.50. The Hall–Kier alpha value is -1.31. The molecular formula is C12H15NO. The van der Waals surface area contributed by atoms with Gasteiger partial charge in [0.25, 0.3) is 0 Å². The molecule has 0 bridgehead atoms. The van der Waals surface area contributed by atoms with Gasteiger partial charge in [0.2, 0.25) is 0 Å². The van der Waals surface area contributed by atoms with Crippen LogP contribution in [0.15, 0.2) is 17.1 Å². The molecule has 0 spiro atoms. The fourth-order valence-corrected chi connectivity index (χ4v) is 1.84. The highest BCUT2D eigenvalue weighted by molar-refractivity contribution is 5.83. The van der Waals surface area contributed by atoms with Gasteiger partial charge in [-0.25, -0.2) is 0 Å². The van der Waals surface area contributed by atoms with E-state index >= 15 is 0 Å². The second-order valence-electron chi connectivity index (χ2n) is 3.50. The van der Waals surface area contributed by atoms with Crippen molar-refractivity contribution in [2.75, 3.05) is 13.7 Å². The SMILES string of the molecule is CCc1cc2c(cc1OC)CCN=C2. The minimum Gasteiger partial charge on any atom is -0.496 e. The zero-order chi connectivity index (χ0) is 9.97. The Bertz CT molecular complexity index is 369. The molecule has 0 atom stereocenters. The van der Waals surface area contributed by atoms with Gasteiger partial charge in [0.1, 0.15) is 5.75 Å². The molecule has 0 radical (unpaired) electrons. The molecule has 1 heterocycles. The molecule has 1 aliphatic rings. The normalized spacial score (nSPS) is 13.9. The number of hydrogen-bond donors (Lipinski definition) is 0. The quantitative estimate of drug-likeness (QED) is 0.699. The zero-order valence-electron chi connectivity index (χ0n) is 8.71. The fraction of sp³-hybridized carbons (Fsp3) is 0.417. The zero-order valence-corrected chi connectivity index (χ0v) is 8.71. The number of fused-ring (bicyclic) bond motifs is 1. The third-order valence-electron chi connectivity index (χ3n) is 2.66. The Kier molecular flexibility index (Phi) is 2.53. The molecule has 2 rings (SSSR count). The summed E-state index contributed by atoms with van der Waals surface area (Å²) in [4.78, 5) is 4.28. The number of nitrogens with zero attached hydrogens (tertiary/aromatic N) is 1. The van der Waals surface area contributed by atoms with Gasteiger partial charge in [-0.1, -0.05) is 6.92 Å². The molecular weight excluding hydrogens is 174 g/mol. The van der Waals surface area contributed by atoms with E-state index in [-0.39, 0.29) is 0 Å². The van der Waals surface area contributed by atoms with Gasteiger partial charge in [0.05, 0.1) is 7.11 Å². The number of benzene rings is 1. The summed E-state index contributed by atoms with van der Waals surface area (Å²) in [6.45, 7) is 3.05. The molecule has 0 aromatic heterocycles. The molecule has 0 aliphatic carbocycles. The van der Waals surface area contributed by atoms with Gasteiger partial charge >= 0.3 is 0 Å². The van der Waals surface area contributed by atoms with Crippen molar-refractivity contribution in [3.8, 4) is 5.75 Å². The van der Waals surface area contributed by atoms with Crippen LogP contribution in [0.3, 0.4) is 0 Å². The minimum atomic E-state index is 0.904. The van der Waals surface area contributed by atoms with Crippen molar-refractivity contribution in [2.24, 2.45) is 4.99 Å². The summed E-state index contributed by atoms with van der Waals surface area (Å²) < 4.78 is 5.36. The number of aliphatic imine (C=N–C) groups is 1. The van der Waals surface area contributed by atoms with Crippen LogP contribution in [0.4, 0.5) is 0 Å². The molecule has 14 heavy (non-hydrogen) atoms. The van der Waals surface area contributed by atoms with Crippen LogP contribution in [0.1, 0.15) is 23.6 Å². The Labute approximate surface area is 84.6 Å². The van der Waals surface area contributed by atoms with Crippen molar-refractivity contribution in [2.45, 2.75) is 19.8 Å². The first-order chi connectivity index (χ1) is 6.85. The molecule has 1 aromatic rings. The van der Waals surface area contributed by atoms with E-state index in [1.807, 2.05) is 6.21 Å². The molecule has 1 aliphatic heterocycles. The third kappa shape index (κ3) is 1.52. The number of aryl methyl sites for hydroxylation is 1. The summed E-state index contributed by atoms with van der Waals surface area (Å²) in [7, 11) is 1.73. The average molecular weight is 189 g/mol. The molecule has 2 heteroatoms. The lowest BCUT2D eigenvalue weighted by molar-refractivity contribution is 0.409. The van der Waals surface area contributed by atoms with Gasteiger partial charge in [-0.2, -0.15) is 0 Å². The highest BCUT2D eigenvalue weighted by Crippen LogP contribution is 2.25. The van der Waals surface area contributed by atoms with Gasteiger partial charge in [0, 0.05) is 12.8 Å². The van der Waals surface area contributed by atoms with Crippen molar-refractivity contribution < 1.29 is 4.74 Å². The van der Waals surface area contributed by atoms with E-state index in [1.165, 1.54) is 16.7 Å². The lowest BCUT2D eigenvalue weighted by Gasteiger charge is -2.14. The van der Waals surface area contributed by atoms with Crippen molar-refractivity contribution in [3.05, 3.63) is 28.8 Å². The van der Waals surface area contributed by atoms with Crippen LogP contribution < -0.4 is 4.74 Å². The number of methoxy groups -OCH3 is 1. The Morgan fingerprint density at radius 3 is 3.00 bits per heavy atom. The van der Waals surface area contributed by atoms with E-state index < -0.39 is 0 Å². The van der Waals surface area contributed by atoms with Gasteiger partial charge in [-0.3, -0.25) is 4.99 Å². The van der Waals surface area contributed by atoms with Crippen molar-refractivity contribution >= 4 is 6.21 Å². The molecule has 74 valence electrons.